The van der Waals surface area contributed by atoms with Crippen LogP contribution in [-0.4, -0.2) is 59.0 Å². The number of ether oxygens (including phenoxy) is 1. The maximum atomic E-state index is 12.6. The molecule has 18 heteroatoms. The molecule has 0 fully saturated rings. The minimum absolute atomic E-state index is 0.0720. The number of nitro groups is 2. The van der Waals surface area contributed by atoms with Crippen molar-refractivity contribution in [3.8, 4) is 0 Å². The van der Waals surface area contributed by atoms with Crippen molar-refractivity contribution in [2.24, 2.45) is 21.7 Å². The first-order chi connectivity index (χ1) is 22.0. The van der Waals surface area contributed by atoms with Crippen LogP contribution in [0.1, 0.15) is 89.0 Å². The van der Waals surface area contributed by atoms with Gasteiger partial charge in [-0.15, -0.1) is 0 Å². The molecule has 1 atom stereocenters. The first-order valence-electron chi connectivity index (χ1n) is 15.3. The Labute approximate surface area is 267 Å². The Morgan fingerprint density at radius 1 is 0.717 bits per heavy atom. The molecule has 46 heavy (non-hydrogen) atoms. The minimum Gasteiger partial charge on any atom is -0.461 e. The van der Waals surface area contributed by atoms with Crippen molar-refractivity contribution in [1.82, 2.24) is 21.3 Å². The summed E-state index contributed by atoms with van der Waals surface area (Å²) in [5.74, 6) is -1.67. The SMILES string of the molecule is N/C(=N\[N+](=O)[O-])NCCCCCCCCC(=O)N[C@H](CC(=O)OCc1ccccc1)NC(=O)CCCCCCN/C(N)=N/[N+](=O)[O-]. The fourth-order valence-electron chi connectivity index (χ4n) is 4.20. The largest absolute Gasteiger partial charge is 0.461 e. The number of guanidine groups is 2. The van der Waals surface area contributed by atoms with Gasteiger partial charge in [-0.3, -0.25) is 14.4 Å². The summed E-state index contributed by atoms with van der Waals surface area (Å²) in [4.78, 5) is 58.2. The zero-order valence-electron chi connectivity index (χ0n) is 26.0. The van der Waals surface area contributed by atoms with Crippen molar-refractivity contribution in [3.63, 3.8) is 0 Å². The van der Waals surface area contributed by atoms with E-state index in [9.17, 15) is 34.6 Å². The molecule has 0 aliphatic heterocycles. The van der Waals surface area contributed by atoms with E-state index < -0.39 is 22.2 Å². The van der Waals surface area contributed by atoms with Crippen molar-refractivity contribution < 1.29 is 29.2 Å². The molecule has 0 heterocycles. The average Bonchev–Trinajstić information content (AvgIpc) is 2.98. The maximum absolute atomic E-state index is 12.6. The first-order valence-corrected chi connectivity index (χ1v) is 15.3. The third kappa shape index (κ3) is 22.5. The van der Waals surface area contributed by atoms with E-state index in [1.165, 1.54) is 0 Å². The molecule has 0 aliphatic rings. The van der Waals surface area contributed by atoms with Crippen molar-refractivity contribution in [2.45, 2.75) is 96.2 Å². The number of hydrazone groups is 2. The van der Waals surface area contributed by atoms with E-state index in [0.717, 1.165) is 50.5 Å². The van der Waals surface area contributed by atoms with E-state index in [2.05, 4.69) is 31.5 Å². The molecule has 18 nitrogen and oxygen atoms in total. The number of rotatable bonds is 24. The van der Waals surface area contributed by atoms with Gasteiger partial charge >= 0.3 is 5.97 Å². The number of nitrogens with one attached hydrogen (secondary N) is 4. The van der Waals surface area contributed by atoms with Crippen LogP contribution in [0.3, 0.4) is 0 Å². The number of esters is 1. The lowest BCUT2D eigenvalue weighted by Crippen LogP contribution is -2.49. The Bertz CT molecular complexity index is 1150. The highest BCUT2D eigenvalue weighted by Gasteiger charge is 2.19. The highest BCUT2D eigenvalue weighted by molar-refractivity contribution is 5.81. The Morgan fingerprint density at radius 3 is 1.61 bits per heavy atom. The van der Waals surface area contributed by atoms with Crippen LogP contribution < -0.4 is 32.7 Å². The number of nitrogens with two attached hydrogens (primary N) is 2. The van der Waals surface area contributed by atoms with Gasteiger partial charge in [0.2, 0.25) is 11.8 Å². The van der Waals surface area contributed by atoms with Crippen LogP contribution in [0.5, 0.6) is 0 Å². The minimum atomic E-state index is -0.921. The summed E-state index contributed by atoms with van der Waals surface area (Å²) in [6.45, 7) is 0.955. The smallest absolute Gasteiger partial charge is 0.310 e. The summed E-state index contributed by atoms with van der Waals surface area (Å²) >= 11 is 0. The number of hydrogen-bond donors (Lipinski definition) is 6. The number of hydrogen-bond acceptors (Lipinski definition) is 8. The van der Waals surface area contributed by atoms with Crippen molar-refractivity contribution in [1.29, 1.82) is 0 Å². The standard InChI is InChI=1S/C28H46N10O8/c29-27(35-37(42)43)31-18-12-5-2-1-3-10-16-24(39)33-23(20-26(41)46-21-22-14-8-7-9-15-22)34-25(40)17-11-4-6-13-19-32-28(30)36-38(44)45/h7-9,14-15,23H,1-6,10-13,16-21H2,(H,33,39)(H,34,40)(H3,29,31,35)(H3,30,32,36)/t23-/m0/s1. The second kappa shape index (κ2) is 24.3. The van der Waals surface area contributed by atoms with Gasteiger partial charge < -0.3 is 37.5 Å². The number of unbranched alkanes of at least 4 members (excludes halogenated alkanes) is 8. The molecule has 0 aromatic heterocycles. The number of carbonyl (C=O) groups excluding carboxylic acids is 3. The van der Waals surface area contributed by atoms with E-state index in [1.807, 2.05) is 30.3 Å². The van der Waals surface area contributed by atoms with E-state index in [4.69, 9.17) is 16.2 Å². The number of amides is 2. The monoisotopic (exact) mass is 650 g/mol. The molecule has 0 spiro atoms. The van der Waals surface area contributed by atoms with Crippen molar-refractivity contribution >= 4 is 29.7 Å². The third-order valence-electron chi connectivity index (χ3n) is 6.44. The zero-order chi connectivity index (χ0) is 34.0. The molecule has 256 valence electrons. The van der Waals surface area contributed by atoms with E-state index in [-0.39, 0.29) is 49.6 Å². The molecule has 1 aromatic carbocycles. The highest BCUT2D eigenvalue weighted by atomic mass is 16.7. The van der Waals surface area contributed by atoms with Crippen LogP contribution in [-0.2, 0) is 25.7 Å². The molecule has 0 radical (unpaired) electrons. The van der Waals surface area contributed by atoms with E-state index in [1.54, 1.807) is 0 Å². The summed E-state index contributed by atoms with van der Waals surface area (Å²) in [5, 5.41) is 35.4. The molecule has 0 saturated heterocycles. The predicted octanol–water partition coefficient (Wildman–Crippen LogP) is 1.55. The molecular formula is C28H46N10O8. The van der Waals surface area contributed by atoms with Crippen LogP contribution in [0.2, 0.25) is 0 Å². The topological polar surface area (TPSA) is 272 Å². The number of carbonyl (C=O) groups is 3. The molecular weight excluding hydrogens is 604 g/mol. The lowest BCUT2D eigenvalue weighted by Gasteiger charge is -2.20. The maximum Gasteiger partial charge on any atom is 0.310 e. The van der Waals surface area contributed by atoms with E-state index in [0.29, 0.717) is 32.4 Å². The van der Waals surface area contributed by atoms with Gasteiger partial charge in [-0.25, -0.2) is 20.2 Å². The number of benzene rings is 1. The number of nitrogens with zero attached hydrogens (tertiary/aromatic N) is 4. The van der Waals surface area contributed by atoms with Crippen LogP contribution >= 0.6 is 0 Å². The Morgan fingerprint density at radius 2 is 1.15 bits per heavy atom. The van der Waals surface area contributed by atoms with Crippen LogP contribution in [0.25, 0.3) is 0 Å². The van der Waals surface area contributed by atoms with Gasteiger partial charge in [0, 0.05) is 25.9 Å². The lowest BCUT2D eigenvalue weighted by molar-refractivity contribution is -0.485. The van der Waals surface area contributed by atoms with Gasteiger partial charge in [0.15, 0.2) is 10.1 Å². The van der Waals surface area contributed by atoms with Crippen LogP contribution in [0.4, 0.5) is 0 Å². The Balaban J connectivity index is 2.40. The summed E-state index contributed by atoms with van der Waals surface area (Å²) in [6.07, 6.45) is 6.89. The van der Waals surface area contributed by atoms with Gasteiger partial charge in [-0.2, -0.15) is 0 Å². The van der Waals surface area contributed by atoms with Crippen LogP contribution in [0, 0.1) is 20.2 Å². The van der Waals surface area contributed by atoms with Crippen LogP contribution in [0.15, 0.2) is 40.5 Å². The summed E-state index contributed by atoms with van der Waals surface area (Å²) in [5.41, 5.74) is 11.5. The summed E-state index contributed by atoms with van der Waals surface area (Å²) < 4.78 is 5.33. The van der Waals surface area contributed by atoms with Gasteiger partial charge in [0.1, 0.15) is 23.0 Å². The Hall–Kier alpha value is -5.03. The quantitative estimate of drug-likeness (QED) is 0.0177. The lowest BCUT2D eigenvalue weighted by atomic mass is 10.1. The molecule has 0 saturated carbocycles. The highest BCUT2D eigenvalue weighted by Crippen LogP contribution is 2.08. The molecule has 0 aliphatic carbocycles. The predicted molar refractivity (Wildman–Crippen MR) is 170 cm³/mol. The first kappa shape index (κ1) is 39.0. The Kier molecular flexibility index (Phi) is 20.6. The van der Waals surface area contributed by atoms with Gasteiger partial charge in [0.25, 0.3) is 11.9 Å². The third-order valence-corrected chi connectivity index (χ3v) is 6.44. The van der Waals surface area contributed by atoms with Gasteiger partial charge in [0.05, 0.1) is 6.42 Å². The zero-order valence-corrected chi connectivity index (χ0v) is 26.0. The molecule has 1 aromatic rings. The average molecular weight is 651 g/mol. The normalized spacial score (nSPS) is 12.1. The molecule has 8 N–H and O–H groups in total. The molecule has 0 unspecified atom stereocenters. The van der Waals surface area contributed by atoms with Crippen molar-refractivity contribution in [2.75, 3.05) is 13.1 Å². The molecule has 0 bridgehead atoms. The fourth-order valence-corrected chi connectivity index (χ4v) is 4.20. The van der Waals surface area contributed by atoms with Gasteiger partial charge in [-0.05, 0) is 31.2 Å². The second-order valence-corrected chi connectivity index (χ2v) is 10.4. The van der Waals surface area contributed by atoms with Crippen molar-refractivity contribution in [3.05, 3.63) is 56.1 Å². The van der Waals surface area contributed by atoms with E-state index >= 15 is 0 Å². The summed E-state index contributed by atoms with van der Waals surface area (Å²) in [6, 6.07) is 9.15. The summed E-state index contributed by atoms with van der Waals surface area (Å²) in [7, 11) is 0. The van der Waals surface area contributed by atoms with Gasteiger partial charge in [-0.1, -0.05) is 68.9 Å². The molecule has 1 rings (SSSR count). The molecule has 2 amide bonds. The fraction of sp³-hybridized carbons (Fsp3) is 0.607. The second-order valence-electron chi connectivity index (χ2n) is 10.4.